The number of carbonyl (C=O) groups is 1. The molecule has 0 fully saturated rings. The van der Waals surface area contributed by atoms with E-state index in [2.05, 4.69) is 5.32 Å². The van der Waals surface area contributed by atoms with Crippen LogP contribution in [0.3, 0.4) is 0 Å². The van der Waals surface area contributed by atoms with E-state index in [1.807, 2.05) is 45.0 Å². The minimum absolute atomic E-state index is 0.0364. The molecule has 0 aliphatic rings. The summed E-state index contributed by atoms with van der Waals surface area (Å²) in [5.41, 5.74) is 2.68. The molecule has 1 N–H and O–H groups in total. The van der Waals surface area contributed by atoms with Crippen molar-refractivity contribution >= 4 is 5.91 Å². The Morgan fingerprint density at radius 1 is 1.04 bits per heavy atom. The second-order valence-corrected chi connectivity index (χ2v) is 6.17. The summed E-state index contributed by atoms with van der Waals surface area (Å²) in [6.45, 7) is 7.62. The van der Waals surface area contributed by atoms with Gasteiger partial charge in [0.15, 0.2) is 11.5 Å². The lowest BCUT2D eigenvalue weighted by atomic mass is 10.1. The number of benzene rings is 2. The van der Waals surface area contributed by atoms with Gasteiger partial charge in [-0.3, -0.25) is 4.79 Å². The molecule has 0 atom stereocenters. The van der Waals surface area contributed by atoms with Crippen LogP contribution in [-0.4, -0.2) is 25.7 Å². The fourth-order valence-electron chi connectivity index (χ4n) is 2.42. The SMILES string of the molecule is CCOCc1ccc(CNC(=O)c2ccc(OC(C)C)c(OC)c2)cc1. The number of hydrogen-bond acceptors (Lipinski definition) is 4. The minimum Gasteiger partial charge on any atom is -0.493 e. The van der Waals surface area contributed by atoms with Crippen LogP contribution in [0.5, 0.6) is 11.5 Å². The third-order valence-electron chi connectivity index (χ3n) is 3.74. The average molecular weight is 357 g/mol. The summed E-state index contributed by atoms with van der Waals surface area (Å²) in [6, 6.07) is 13.2. The van der Waals surface area contributed by atoms with E-state index in [0.717, 1.165) is 11.1 Å². The van der Waals surface area contributed by atoms with Crippen LogP contribution in [0.1, 0.15) is 42.3 Å². The molecule has 0 aliphatic heterocycles. The Labute approximate surface area is 155 Å². The summed E-state index contributed by atoms with van der Waals surface area (Å²) >= 11 is 0. The molecule has 5 heteroatoms. The van der Waals surface area contributed by atoms with Gasteiger partial charge in [-0.1, -0.05) is 24.3 Å². The van der Waals surface area contributed by atoms with Crippen LogP contribution in [0.15, 0.2) is 42.5 Å². The number of ether oxygens (including phenoxy) is 3. The minimum atomic E-state index is -0.155. The first-order chi connectivity index (χ1) is 12.5. The van der Waals surface area contributed by atoms with Gasteiger partial charge in [0.1, 0.15) is 0 Å². The highest BCUT2D eigenvalue weighted by Gasteiger charge is 2.12. The average Bonchev–Trinajstić information content (AvgIpc) is 2.65. The Hall–Kier alpha value is -2.53. The summed E-state index contributed by atoms with van der Waals surface area (Å²) in [5.74, 6) is 1.02. The van der Waals surface area contributed by atoms with Crippen molar-refractivity contribution in [1.82, 2.24) is 5.32 Å². The maximum absolute atomic E-state index is 12.4. The highest BCUT2D eigenvalue weighted by Crippen LogP contribution is 2.29. The maximum atomic E-state index is 12.4. The van der Waals surface area contributed by atoms with Crippen molar-refractivity contribution in [3.05, 3.63) is 59.2 Å². The zero-order valence-corrected chi connectivity index (χ0v) is 15.9. The molecule has 1 amide bonds. The zero-order chi connectivity index (χ0) is 18.9. The van der Waals surface area contributed by atoms with Crippen molar-refractivity contribution in [2.75, 3.05) is 13.7 Å². The molecule has 0 aliphatic carbocycles. The van der Waals surface area contributed by atoms with Gasteiger partial charge in [-0.15, -0.1) is 0 Å². The molecule has 0 radical (unpaired) electrons. The fourth-order valence-corrected chi connectivity index (χ4v) is 2.42. The number of amides is 1. The van der Waals surface area contributed by atoms with Crippen LogP contribution in [0, 0.1) is 0 Å². The molecule has 0 saturated heterocycles. The van der Waals surface area contributed by atoms with Gasteiger partial charge in [0.05, 0.1) is 19.8 Å². The van der Waals surface area contributed by atoms with Gasteiger partial charge in [-0.2, -0.15) is 0 Å². The summed E-state index contributed by atoms with van der Waals surface area (Å²) in [5, 5.41) is 2.92. The molecule has 2 rings (SSSR count). The fraction of sp³-hybridized carbons (Fsp3) is 0.381. The Morgan fingerprint density at radius 2 is 1.73 bits per heavy atom. The van der Waals surface area contributed by atoms with Crippen LogP contribution in [0.4, 0.5) is 0 Å². The van der Waals surface area contributed by atoms with E-state index in [9.17, 15) is 4.79 Å². The largest absolute Gasteiger partial charge is 0.493 e. The number of carbonyl (C=O) groups excluding carboxylic acids is 1. The zero-order valence-electron chi connectivity index (χ0n) is 15.9. The lowest BCUT2D eigenvalue weighted by Crippen LogP contribution is -2.22. The molecule has 140 valence electrons. The lowest BCUT2D eigenvalue weighted by Gasteiger charge is -2.14. The third kappa shape index (κ3) is 5.77. The first-order valence-corrected chi connectivity index (χ1v) is 8.82. The predicted octanol–water partition coefficient (Wildman–Crippen LogP) is 3.95. The summed E-state index contributed by atoms with van der Waals surface area (Å²) < 4.78 is 16.4. The molecule has 26 heavy (non-hydrogen) atoms. The van der Waals surface area contributed by atoms with Gasteiger partial charge in [-0.05, 0) is 50.1 Å². The van der Waals surface area contributed by atoms with Crippen molar-refractivity contribution in [2.45, 2.75) is 40.0 Å². The Balaban J connectivity index is 1.97. The lowest BCUT2D eigenvalue weighted by molar-refractivity contribution is 0.0950. The third-order valence-corrected chi connectivity index (χ3v) is 3.74. The first kappa shape index (κ1) is 19.8. The molecule has 0 bridgehead atoms. The molecule has 0 aromatic heterocycles. The van der Waals surface area contributed by atoms with Gasteiger partial charge in [0.25, 0.3) is 5.91 Å². The Bertz CT molecular complexity index is 710. The van der Waals surface area contributed by atoms with Gasteiger partial charge in [-0.25, -0.2) is 0 Å². The van der Waals surface area contributed by atoms with Crippen LogP contribution in [0.25, 0.3) is 0 Å². The number of rotatable bonds is 9. The molecule has 5 nitrogen and oxygen atoms in total. The molecule has 0 unspecified atom stereocenters. The number of hydrogen-bond donors (Lipinski definition) is 1. The molecular formula is C21H27NO4. The molecule has 2 aromatic rings. The van der Waals surface area contributed by atoms with Gasteiger partial charge < -0.3 is 19.5 Å². The topological polar surface area (TPSA) is 56.8 Å². The number of methoxy groups -OCH3 is 1. The Kier molecular flexibility index (Phi) is 7.48. The van der Waals surface area contributed by atoms with Crippen LogP contribution < -0.4 is 14.8 Å². The highest BCUT2D eigenvalue weighted by atomic mass is 16.5. The van der Waals surface area contributed by atoms with E-state index in [1.54, 1.807) is 25.3 Å². The van der Waals surface area contributed by atoms with Crippen LogP contribution in [0.2, 0.25) is 0 Å². The molecule has 0 heterocycles. The first-order valence-electron chi connectivity index (χ1n) is 8.82. The van der Waals surface area contributed by atoms with Gasteiger partial charge in [0.2, 0.25) is 0 Å². The Morgan fingerprint density at radius 3 is 2.35 bits per heavy atom. The van der Waals surface area contributed by atoms with E-state index < -0.39 is 0 Å². The second-order valence-electron chi connectivity index (χ2n) is 6.17. The maximum Gasteiger partial charge on any atom is 0.251 e. The van der Waals surface area contributed by atoms with E-state index >= 15 is 0 Å². The monoisotopic (exact) mass is 357 g/mol. The van der Waals surface area contributed by atoms with Crippen molar-refractivity contribution < 1.29 is 19.0 Å². The van der Waals surface area contributed by atoms with E-state index in [-0.39, 0.29) is 12.0 Å². The van der Waals surface area contributed by atoms with Crippen molar-refractivity contribution in [1.29, 1.82) is 0 Å². The molecule has 0 saturated carbocycles. The molecule has 2 aromatic carbocycles. The van der Waals surface area contributed by atoms with Crippen LogP contribution in [-0.2, 0) is 17.9 Å². The second kappa shape index (κ2) is 9.82. The summed E-state index contributed by atoms with van der Waals surface area (Å²) in [6.07, 6.45) is 0.0364. The van der Waals surface area contributed by atoms with Gasteiger partial charge in [0, 0.05) is 18.7 Å². The van der Waals surface area contributed by atoms with E-state index in [0.29, 0.717) is 36.8 Å². The quantitative estimate of drug-likeness (QED) is 0.738. The van der Waals surface area contributed by atoms with E-state index in [4.69, 9.17) is 14.2 Å². The van der Waals surface area contributed by atoms with E-state index in [1.165, 1.54) is 0 Å². The number of nitrogens with one attached hydrogen (secondary N) is 1. The van der Waals surface area contributed by atoms with Crippen LogP contribution >= 0.6 is 0 Å². The van der Waals surface area contributed by atoms with Crippen molar-refractivity contribution in [3.8, 4) is 11.5 Å². The van der Waals surface area contributed by atoms with Gasteiger partial charge >= 0.3 is 0 Å². The standard InChI is InChI=1S/C21H27NO4/c1-5-25-14-17-8-6-16(7-9-17)13-22-21(23)18-10-11-19(26-15(2)3)20(12-18)24-4/h6-12,15H,5,13-14H2,1-4H3,(H,22,23). The van der Waals surface area contributed by atoms with Crippen molar-refractivity contribution in [3.63, 3.8) is 0 Å². The summed E-state index contributed by atoms with van der Waals surface area (Å²) in [4.78, 5) is 12.4. The smallest absolute Gasteiger partial charge is 0.251 e. The normalized spacial score (nSPS) is 10.7. The van der Waals surface area contributed by atoms with Crippen molar-refractivity contribution in [2.24, 2.45) is 0 Å². The molecule has 0 spiro atoms. The predicted molar refractivity (Wildman–Crippen MR) is 102 cm³/mol. The molecular weight excluding hydrogens is 330 g/mol. The highest BCUT2D eigenvalue weighted by molar-refractivity contribution is 5.94. The summed E-state index contributed by atoms with van der Waals surface area (Å²) in [7, 11) is 1.56.